The summed E-state index contributed by atoms with van der Waals surface area (Å²) in [5, 5.41) is 5.23. The second-order valence-corrected chi connectivity index (χ2v) is 12.3. The molecule has 8 rings (SSSR count). The molecule has 6 aromatic rings. The molecule has 0 saturated heterocycles. The molecule has 0 aromatic heterocycles. The Morgan fingerprint density at radius 3 is 1.29 bits per heavy atom. The number of fused-ring (bicyclic) bond motifs is 4. The quantitative estimate of drug-likeness (QED) is 0.209. The van der Waals surface area contributed by atoms with E-state index in [9.17, 15) is 0 Å². The van der Waals surface area contributed by atoms with Crippen molar-refractivity contribution in [3.63, 3.8) is 0 Å². The third kappa shape index (κ3) is 3.75. The third-order valence-electron chi connectivity index (χ3n) is 9.89. The Hall–Kier alpha value is -4.68. The first-order valence-electron chi connectivity index (χ1n) is 15.2. The molecule has 0 aliphatic heterocycles. The second kappa shape index (κ2) is 9.71. The van der Waals surface area contributed by atoms with E-state index in [1.807, 2.05) is 0 Å². The van der Waals surface area contributed by atoms with Crippen molar-refractivity contribution in [3.8, 4) is 22.3 Å². The molecule has 0 bridgehead atoms. The molecule has 0 radical (unpaired) electrons. The SMILES string of the molecule is CC1=Cc2c(-c3cccc4ccccc34)cccc2C1C(C)C1C(C)=Cc2c(-c3cccc4ccccc34)cccc21. The van der Waals surface area contributed by atoms with Gasteiger partial charge in [-0.05, 0) is 85.8 Å². The Balaban J connectivity index is 1.22. The maximum Gasteiger partial charge on any atom is 0.00894 e. The van der Waals surface area contributed by atoms with E-state index < -0.39 is 0 Å². The second-order valence-electron chi connectivity index (χ2n) is 12.3. The van der Waals surface area contributed by atoms with Crippen LogP contribution in [0.1, 0.15) is 54.9 Å². The van der Waals surface area contributed by atoms with E-state index >= 15 is 0 Å². The highest BCUT2D eigenvalue weighted by atomic mass is 14.4. The fraction of sp³-hybridized carbons (Fsp3) is 0.143. The molecule has 0 nitrogen and oxygen atoms in total. The van der Waals surface area contributed by atoms with Gasteiger partial charge in [0.15, 0.2) is 0 Å². The van der Waals surface area contributed by atoms with Crippen molar-refractivity contribution in [1.29, 1.82) is 0 Å². The van der Waals surface area contributed by atoms with E-state index in [1.165, 1.54) is 77.2 Å². The summed E-state index contributed by atoms with van der Waals surface area (Å²) in [4.78, 5) is 0. The van der Waals surface area contributed by atoms with Gasteiger partial charge in [-0.2, -0.15) is 0 Å². The van der Waals surface area contributed by atoms with Crippen molar-refractivity contribution in [2.75, 3.05) is 0 Å². The molecule has 6 aromatic carbocycles. The fourth-order valence-electron chi connectivity index (χ4n) is 8.13. The lowest BCUT2D eigenvalue weighted by atomic mass is 9.73. The molecule has 42 heavy (non-hydrogen) atoms. The van der Waals surface area contributed by atoms with E-state index in [2.05, 4.69) is 154 Å². The molecule has 2 aliphatic rings. The van der Waals surface area contributed by atoms with Crippen LogP contribution >= 0.6 is 0 Å². The molecule has 0 N–H and O–H groups in total. The maximum atomic E-state index is 2.48. The van der Waals surface area contributed by atoms with Crippen LogP contribution in [0, 0.1) is 5.92 Å². The van der Waals surface area contributed by atoms with Gasteiger partial charge in [0.25, 0.3) is 0 Å². The summed E-state index contributed by atoms with van der Waals surface area (Å²) in [6.45, 7) is 7.16. The lowest BCUT2D eigenvalue weighted by molar-refractivity contribution is 0.455. The number of hydrogen-bond acceptors (Lipinski definition) is 0. The zero-order valence-electron chi connectivity index (χ0n) is 24.4. The van der Waals surface area contributed by atoms with Crippen molar-refractivity contribution in [2.45, 2.75) is 32.6 Å². The zero-order chi connectivity index (χ0) is 28.4. The van der Waals surface area contributed by atoms with Crippen LogP contribution in [0.5, 0.6) is 0 Å². The molecule has 202 valence electrons. The normalized spacial score (nSPS) is 18.1. The summed E-state index contributed by atoms with van der Waals surface area (Å²) >= 11 is 0. The van der Waals surface area contributed by atoms with Gasteiger partial charge in [-0.3, -0.25) is 0 Å². The molecule has 2 unspecified atom stereocenters. The minimum atomic E-state index is 0.385. The Bertz CT molecular complexity index is 1920. The van der Waals surface area contributed by atoms with Gasteiger partial charge in [0.05, 0.1) is 0 Å². The Morgan fingerprint density at radius 2 is 0.810 bits per heavy atom. The molecule has 0 fully saturated rings. The standard InChI is InChI=1S/C42H34/c1-26-24-39-35(33-18-8-14-29-12-4-6-16-31(29)33)20-10-22-37(39)41(26)28(3)42-27(2)25-40-36(21-11-23-38(40)42)34-19-9-15-30-13-5-7-17-32(30)34/h4-25,28,41-42H,1-3H3. The molecule has 0 heterocycles. The van der Waals surface area contributed by atoms with Gasteiger partial charge in [0, 0.05) is 11.8 Å². The molecule has 0 spiro atoms. The van der Waals surface area contributed by atoms with E-state index in [4.69, 9.17) is 0 Å². The molecular weight excluding hydrogens is 504 g/mol. The van der Waals surface area contributed by atoms with Crippen LogP contribution < -0.4 is 0 Å². The Morgan fingerprint density at radius 1 is 0.429 bits per heavy atom. The summed E-state index contributed by atoms with van der Waals surface area (Å²) in [5.74, 6) is 1.21. The van der Waals surface area contributed by atoms with Crippen molar-refractivity contribution in [1.82, 2.24) is 0 Å². The lowest BCUT2D eigenvalue weighted by Gasteiger charge is -2.30. The largest absolute Gasteiger partial charge is 0.0649 e. The smallest absolute Gasteiger partial charge is 0.00894 e. The minimum absolute atomic E-state index is 0.385. The van der Waals surface area contributed by atoms with Crippen molar-refractivity contribution >= 4 is 33.7 Å². The molecule has 0 saturated carbocycles. The van der Waals surface area contributed by atoms with Crippen LogP contribution in [-0.4, -0.2) is 0 Å². The van der Waals surface area contributed by atoms with Crippen molar-refractivity contribution in [2.24, 2.45) is 5.92 Å². The first kappa shape index (κ1) is 25.1. The van der Waals surface area contributed by atoms with Gasteiger partial charge in [-0.15, -0.1) is 0 Å². The Kier molecular flexibility index (Phi) is 5.79. The average molecular weight is 539 g/mol. The van der Waals surface area contributed by atoms with E-state index in [-0.39, 0.29) is 0 Å². The minimum Gasteiger partial charge on any atom is -0.0649 e. The highest BCUT2D eigenvalue weighted by molar-refractivity contribution is 6.00. The van der Waals surface area contributed by atoms with Gasteiger partial charge in [-0.25, -0.2) is 0 Å². The van der Waals surface area contributed by atoms with Gasteiger partial charge in [0.2, 0.25) is 0 Å². The summed E-state index contributed by atoms with van der Waals surface area (Å²) in [6.07, 6.45) is 4.93. The summed E-state index contributed by atoms with van der Waals surface area (Å²) in [5.41, 5.74) is 14.0. The number of hydrogen-bond donors (Lipinski definition) is 0. The van der Waals surface area contributed by atoms with E-state index in [0.717, 1.165) is 0 Å². The number of allylic oxidation sites excluding steroid dienone is 2. The van der Waals surface area contributed by atoms with Crippen LogP contribution in [0.3, 0.4) is 0 Å². The van der Waals surface area contributed by atoms with Crippen LogP contribution in [0.4, 0.5) is 0 Å². The molecule has 0 amide bonds. The summed E-state index contributed by atoms with van der Waals surface area (Å²) in [7, 11) is 0. The highest BCUT2D eigenvalue weighted by Gasteiger charge is 2.37. The highest BCUT2D eigenvalue weighted by Crippen LogP contribution is 2.53. The first-order chi connectivity index (χ1) is 20.6. The van der Waals surface area contributed by atoms with Gasteiger partial charge in [-0.1, -0.05) is 152 Å². The fourth-order valence-corrected chi connectivity index (χ4v) is 8.13. The average Bonchev–Trinajstić information content (AvgIpc) is 3.55. The lowest BCUT2D eigenvalue weighted by Crippen LogP contribution is -2.18. The van der Waals surface area contributed by atoms with Crippen LogP contribution in [0.15, 0.2) is 132 Å². The molecule has 2 aliphatic carbocycles. The topological polar surface area (TPSA) is 0 Å². The van der Waals surface area contributed by atoms with Crippen LogP contribution in [0.2, 0.25) is 0 Å². The van der Waals surface area contributed by atoms with E-state index in [0.29, 0.717) is 17.8 Å². The van der Waals surface area contributed by atoms with Gasteiger partial charge < -0.3 is 0 Å². The number of rotatable bonds is 4. The van der Waals surface area contributed by atoms with Crippen LogP contribution in [0.25, 0.3) is 56.0 Å². The summed E-state index contributed by atoms with van der Waals surface area (Å²) < 4.78 is 0. The molecular formula is C42H34. The van der Waals surface area contributed by atoms with Gasteiger partial charge >= 0.3 is 0 Å². The predicted molar refractivity (Wildman–Crippen MR) is 181 cm³/mol. The molecule has 2 atom stereocenters. The monoisotopic (exact) mass is 538 g/mol. The van der Waals surface area contributed by atoms with Crippen molar-refractivity contribution < 1.29 is 0 Å². The number of benzene rings is 6. The third-order valence-corrected chi connectivity index (χ3v) is 9.89. The zero-order valence-corrected chi connectivity index (χ0v) is 24.4. The van der Waals surface area contributed by atoms with Crippen molar-refractivity contribution in [3.05, 3.63) is 155 Å². The summed E-state index contributed by atoms with van der Waals surface area (Å²) in [6, 6.07) is 44.8. The molecule has 0 heteroatoms. The predicted octanol–water partition coefficient (Wildman–Crippen LogP) is 11.7. The van der Waals surface area contributed by atoms with Crippen LogP contribution in [-0.2, 0) is 0 Å². The van der Waals surface area contributed by atoms with Gasteiger partial charge in [0.1, 0.15) is 0 Å². The maximum absolute atomic E-state index is 2.48. The Labute approximate surface area is 248 Å². The first-order valence-corrected chi connectivity index (χ1v) is 15.2. The van der Waals surface area contributed by atoms with E-state index in [1.54, 1.807) is 0 Å².